The highest BCUT2D eigenvalue weighted by Crippen LogP contribution is 2.42. The standard InChI is InChI=1S/C11H12BrNO3/c12-9-5-8(7-3-1-2-4-7)11(14)6-10(9)13(15)16/h5-7,14H,1-4H2. The highest BCUT2D eigenvalue weighted by molar-refractivity contribution is 9.10. The third-order valence-corrected chi connectivity index (χ3v) is 3.72. The summed E-state index contributed by atoms with van der Waals surface area (Å²) in [5.74, 6) is 0.388. The first-order valence-electron chi connectivity index (χ1n) is 5.26. The first-order valence-corrected chi connectivity index (χ1v) is 6.05. The predicted octanol–water partition coefficient (Wildman–Crippen LogP) is 3.72. The molecule has 0 unspecified atom stereocenters. The average molecular weight is 286 g/mol. The largest absolute Gasteiger partial charge is 0.507 e. The van der Waals surface area contributed by atoms with Crippen LogP contribution in [0.25, 0.3) is 0 Å². The summed E-state index contributed by atoms with van der Waals surface area (Å²) in [7, 11) is 0. The zero-order chi connectivity index (χ0) is 11.7. The van der Waals surface area contributed by atoms with Gasteiger partial charge in [-0.05, 0) is 46.3 Å². The van der Waals surface area contributed by atoms with E-state index in [-0.39, 0.29) is 11.4 Å². The summed E-state index contributed by atoms with van der Waals surface area (Å²) in [6, 6.07) is 2.92. The van der Waals surface area contributed by atoms with Crippen LogP contribution in [-0.2, 0) is 0 Å². The van der Waals surface area contributed by atoms with Gasteiger partial charge in [0.2, 0.25) is 0 Å². The molecule has 0 heterocycles. The van der Waals surface area contributed by atoms with E-state index in [2.05, 4.69) is 15.9 Å². The molecule has 86 valence electrons. The Morgan fingerprint density at radius 3 is 2.56 bits per heavy atom. The third-order valence-electron chi connectivity index (χ3n) is 3.09. The van der Waals surface area contributed by atoms with Crippen molar-refractivity contribution in [3.8, 4) is 5.75 Å². The van der Waals surface area contributed by atoms with Crippen LogP contribution in [0.2, 0.25) is 0 Å². The summed E-state index contributed by atoms with van der Waals surface area (Å²) >= 11 is 3.18. The number of nitrogens with zero attached hydrogens (tertiary/aromatic N) is 1. The maximum Gasteiger partial charge on any atom is 0.287 e. The Morgan fingerprint density at radius 2 is 2.00 bits per heavy atom. The van der Waals surface area contributed by atoms with Crippen LogP contribution in [0.3, 0.4) is 0 Å². The van der Waals surface area contributed by atoms with Crippen molar-refractivity contribution in [3.63, 3.8) is 0 Å². The number of phenols is 1. The van der Waals surface area contributed by atoms with Crippen molar-refractivity contribution in [1.29, 1.82) is 0 Å². The quantitative estimate of drug-likeness (QED) is 0.665. The molecular weight excluding hydrogens is 274 g/mol. The second kappa shape index (κ2) is 4.41. The summed E-state index contributed by atoms with van der Waals surface area (Å²) in [6.45, 7) is 0. The molecule has 0 atom stereocenters. The molecule has 1 aliphatic carbocycles. The minimum Gasteiger partial charge on any atom is -0.507 e. The topological polar surface area (TPSA) is 63.4 Å². The number of nitro benzene ring substituents is 1. The molecule has 0 bridgehead atoms. The van der Waals surface area contributed by atoms with Gasteiger partial charge in [0.15, 0.2) is 0 Å². The van der Waals surface area contributed by atoms with Gasteiger partial charge >= 0.3 is 0 Å². The number of aromatic hydroxyl groups is 1. The van der Waals surface area contributed by atoms with Crippen molar-refractivity contribution in [1.82, 2.24) is 0 Å². The van der Waals surface area contributed by atoms with Gasteiger partial charge in [-0.2, -0.15) is 0 Å². The van der Waals surface area contributed by atoms with Crippen molar-refractivity contribution < 1.29 is 10.0 Å². The molecule has 1 aliphatic rings. The molecule has 0 aliphatic heterocycles. The van der Waals surface area contributed by atoms with Crippen LogP contribution in [0, 0.1) is 10.1 Å². The first-order chi connectivity index (χ1) is 7.59. The van der Waals surface area contributed by atoms with E-state index in [0.717, 1.165) is 18.4 Å². The Morgan fingerprint density at radius 1 is 1.38 bits per heavy atom. The van der Waals surface area contributed by atoms with Crippen molar-refractivity contribution in [3.05, 3.63) is 32.3 Å². The third kappa shape index (κ3) is 2.04. The number of hydrogen-bond acceptors (Lipinski definition) is 3. The first kappa shape index (κ1) is 11.4. The molecule has 1 fully saturated rings. The van der Waals surface area contributed by atoms with Gasteiger partial charge in [-0.15, -0.1) is 0 Å². The lowest BCUT2D eigenvalue weighted by molar-refractivity contribution is -0.385. The Labute approximate surface area is 102 Å². The lowest BCUT2D eigenvalue weighted by atomic mass is 9.96. The van der Waals surface area contributed by atoms with Gasteiger partial charge in [-0.25, -0.2) is 0 Å². The maximum absolute atomic E-state index is 10.7. The van der Waals surface area contributed by atoms with Crippen molar-refractivity contribution in [2.24, 2.45) is 0 Å². The number of phenolic OH excluding ortho intramolecular Hbond substituents is 1. The van der Waals surface area contributed by atoms with Gasteiger partial charge in [0.05, 0.1) is 15.5 Å². The number of hydrogen-bond donors (Lipinski definition) is 1. The normalized spacial score (nSPS) is 16.6. The lowest BCUT2D eigenvalue weighted by Crippen LogP contribution is -1.96. The molecule has 5 heteroatoms. The van der Waals surface area contributed by atoms with E-state index in [9.17, 15) is 15.2 Å². The van der Waals surface area contributed by atoms with Gasteiger partial charge in [0.25, 0.3) is 5.69 Å². The highest BCUT2D eigenvalue weighted by atomic mass is 79.9. The molecule has 1 N–H and O–H groups in total. The maximum atomic E-state index is 10.7. The van der Waals surface area contributed by atoms with E-state index in [4.69, 9.17) is 0 Å². The van der Waals surface area contributed by atoms with E-state index in [1.54, 1.807) is 6.07 Å². The smallest absolute Gasteiger partial charge is 0.287 e. The Kier molecular flexibility index (Phi) is 3.14. The molecule has 16 heavy (non-hydrogen) atoms. The Hall–Kier alpha value is -1.10. The van der Waals surface area contributed by atoms with Crippen molar-refractivity contribution in [2.45, 2.75) is 31.6 Å². The fourth-order valence-electron chi connectivity index (χ4n) is 2.27. The number of nitro groups is 1. The molecule has 1 aromatic rings. The second-order valence-corrected chi connectivity index (χ2v) is 4.96. The van der Waals surface area contributed by atoms with E-state index in [1.807, 2.05) is 0 Å². The molecular formula is C11H12BrNO3. The van der Waals surface area contributed by atoms with E-state index >= 15 is 0 Å². The van der Waals surface area contributed by atoms with Crippen LogP contribution < -0.4 is 0 Å². The summed E-state index contributed by atoms with van der Waals surface area (Å²) in [6.07, 6.45) is 4.44. The number of benzene rings is 1. The molecule has 4 nitrogen and oxygen atoms in total. The predicted molar refractivity (Wildman–Crippen MR) is 63.7 cm³/mol. The monoisotopic (exact) mass is 285 g/mol. The Bertz CT molecular complexity index is 427. The van der Waals surface area contributed by atoms with Crippen LogP contribution in [0.5, 0.6) is 5.75 Å². The lowest BCUT2D eigenvalue weighted by Gasteiger charge is -2.12. The molecule has 0 saturated heterocycles. The highest BCUT2D eigenvalue weighted by Gasteiger charge is 2.23. The molecule has 0 radical (unpaired) electrons. The van der Waals surface area contributed by atoms with Gasteiger partial charge in [-0.3, -0.25) is 10.1 Å². The van der Waals surface area contributed by atoms with E-state index < -0.39 is 4.92 Å². The molecule has 1 aromatic carbocycles. The Balaban J connectivity index is 2.40. The minimum atomic E-state index is -0.498. The van der Waals surface area contributed by atoms with Crippen LogP contribution in [0.15, 0.2) is 16.6 Å². The summed E-state index contributed by atoms with van der Waals surface area (Å²) in [5, 5.41) is 20.5. The fraction of sp³-hybridized carbons (Fsp3) is 0.455. The molecule has 1 saturated carbocycles. The average Bonchev–Trinajstić information content (AvgIpc) is 2.73. The SMILES string of the molecule is O=[N+]([O-])c1cc(O)c(C2CCCC2)cc1Br. The van der Waals surface area contributed by atoms with Gasteiger partial charge in [0, 0.05) is 0 Å². The van der Waals surface area contributed by atoms with Gasteiger partial charge in [-0.1, -0.05) is 12.8 Å². The van der Waals surface area contributed by atoms with Crippen LogP contribution in [-0.4, -0.2) is 10.0 Å². The minimum absolute atomic E-state index is 0.0433. The summed E-state index contributed by atoms with van der Waals surface area (Å²) in [4.78, 5) is 10.2. The van der Waals surface area contributed by atoms with Gasteiger partial charge in [0.1, 0.15) is 5.75 Å². The van der Waals surface area contributed by atoms with Crippen LogP contribution in [0.1, 0.15) is 37.2 Å². The summed E-state index contributed by atoms with van der Waals surface area (Å²) in [5.41, 5.74) is 0.745. The van der Waals surface area contributed by atoms with Crippen molar-refractivity contribution >= 4 is 21.6 Å². The van der Waals surface area contributed by atoms with E-state index in [1.165, 1.54) is 18.9 Å². The molecule has 0 aromatic heterocycles. The van der Waals surface area contributed by atoms with Crippen LogP contribution >= 0.6 is 15.9 Å². The number of rotatable bonds is 2. The number of halogens is 1. The van der Waals surface area contributed by atoms with Gasteiger partial charge < -0.3 is 5.11 Å². The zero-order valence-electron chi connectivity index (χ0n) is 8.65. The molecule has 2 rings (SSSR count). The molecule has 0 amide bonds. The van der Waals surface area contributed by atoms with Crippen LogP contribution in [0.4, 0.5) is 5.69 Å². The van der Waals surface area contributed by atoms with E-state index in [0.29, 0.717) is 10.4 Å². The zero-order valence-corrected chi connectivity index (χ0v) is 10.2. The second-order valence-electron chi connectivity index (χ2n) is 4.10. The summed E-state index contributed by atoms with van der Waals surface area (Å²) < 4.78 is 0.442. The fourth-order valence-corrected chi connectivity index (χ4v) is 2.78. The molecule has 0 spiro atoms. The van der Waals surface area contributed by atoms with Crippen molar-refractivity contribution in [2.75, 3.05) is 0 Å².